The van der Waals surface area contributed by atoms with Crippen LogP contribution in [0.5, 0.6) is 5.75 Å². The number of hydrogen-bond donors (Lipinski definition) is 0. The second-order valence-electron chi connectivity index (χ2n) is 6.15. The van der Waals surface area contributed by atoms with Gasteiger partial charge in [-0.2, -0.15) is 0 Å². The Bertz CT molecular complexity index is 1040. The smallest absolute Gasteiger partial charge is 0.277 e. The summed E-state index contributed by atoms with van der Waals surface area (Å²) in [5.41, 5.74) is 2.22. The van der Waals surface area contributed by atoms with Crippen LogP contribution in [-0.4, -0.2) is 22.6 Å². The molecule has 140 valence electrons. The number of methoxy groups -OCH3 is 1. The molecular weight excluding hydrogens is 370 g/mol. The van der Waals surface area contributed by atoms with Crippen LogP contribution in [-0.2, 0) is 6.54 Å². The SMILES string of the molecule is COc1ccc(N(Cc2cccs2)C(=O)c2cncn2-c2ccccc2)cc1. The van der Waals surface area contributed by atoms with Crippen molar-refractivity contribution < 1.29 is 9.53 Å². The number of carbonyl (C=O) groups is 1. The van der Waals surface area contributed by atoms with Crippen LogP contribution in [0.3, 0.4) is 0 Å². The first kappa shape index (κ1) is 18.0. The predicted octanol–water partition coefficient (Wildman–Crippen LogP) is 4.79. The van der Waals surface area contributed by atoms with Gasteiger partial charge in [0, 0.05) is 16.3 Å². The molecule has 0 aliphatic heterocycles. The number of anilines is 1. The van der Waals surface area contributed by atoms with E-state index in [1.54, 1.807) is 35.9 Å². The molecule has 4 aromatic rings. The van der Waals surface area contributed by atoms with E-state index in [9.17, 15) is 4.79 Å². The Morgan fingerprint density at radius 2 is 1.86 bits per heavy atom. The van der Waals surface area contributed by atoms with E-state index in [4.69, 9.17) is 4.74 Å². The first-order valence-corrected chi connectivity index (χ1v) is 9.70. The quantitative estimate of drug-likeness (QED) is 0.476. The van der Waals surface area contributed by atoms with Crippen molar-refractivity contribution in [2.45, 2.75) is 6.54 Å². The Kier molecular flexibility index (Phi) is 5.21. The van der Waals surface area contributed by atoms with Gasteiger partial charge in [-0.1, -0.05) is 24.3 Å². The Hall–Kier alpha value is -3.38. The maximum atomic E-state index is 13.5. The minimum atomic E-state index is -0.111. The third kappa shape index (κ3) is 3.68. The molecule has 4 rings (SSSR count). The van der Waals surface area contributed by atoms with Gasteiger partial charge in [0.25, 0.3) is 5.91 Å². The van der Waals surface area contributed by atoms with Gasteiger partial charge in [-0.15, -0.1) is 11.3 Å². The van der Waals surface area contributed by atoms with E-state index in [1.807, 2.05) is 76.7 Å². The fraction of sp³-hybridized carbons (Fsp3) is 0.0909. The van der Waals surface area contributed by atoms with Gasteiger partial charge in [-0.25, -0.2) is 4.98 Å². The van der Waals surface area contributed by atoms with Crippen molar-refractivity contribution in [1.82, 2.24) is 9.55 Å². The number of carbonyl (C=O) groups excluding carboxylic acids is 1. The maximum absolute atomic E-state index is 13.5. The van der Waals surface area contributed by atoms with Crippen molar-refractivity contribution in [2.75, 3.05) is 12.0 Å². The normalized spacial score (nSPS) is 10.6. The van der Waals surface area contributed by atoms with Crippen molar-refractivity contribution in [3.63, 3.8) is 0 Å². The monoisotopic (exact) mass is 389 g/mol. The molecule has 2 heterocycles. The van der Waals surface area contributed by atoms with Gasteiger partial charge in [0.05, 0.1) is 26.2 Å². The highest BCUT2D eigenvalue weighted by atomic mass is 32.1. The average Bonchev–Trinajstić information content (AvgIpc) is 3.44. The van der Waals surface area contributed by atoms with E-state index in [0.29, 0.717) is 12.2 Å². The summed E-state index contributed by atoms with van der Waals surface area (Å²) in [6, 6.07) is 21.3. The third-order valence-electron chi connectivity index (χ3n) is 4.42. The molecular formula is C22H19N3O2S. The van der Waals surface area contributed by atoms with Crippen LogP contribution in [0.1, 0.15) is 15.4 Å². The zero-order valence-corrected chi connectivity index (χ0v) is 16.2. The van der Waals surface area contributed by atoms with Crippen LogP contribution in [0.25, 0.3) is 5.69 Å². The summed E-state index contributed by atoms with van der Waals surface area (Å²) >= 11 is 1.63. The molecule has 0 N–H and O–H groups in total. The highest BCUT2D eigenvalue weighted by Crippen LogP contribution is 2.25. The van der Waals surface area contributed by atoms with Crippen LogP contribution in [0.15, 0.2) is 84.6 Å². The third-order valence-corrected chi connectivity index (χ3v) is 5.28. The predicted molar refractivity (Wildman–Crippen MR) is 111 cm³/mol. The fourth-order valence-electron chi connectivity index (χ4n) is 2.99. The lowest BCUT2D eigenvalue weighted by Gasteiger charge is -2.23. The number of para-hydroxylation sites is 1. The topological polar surface area (TPSA) is 47.4 Å². The van der Waals surface area contributed by atoms with Gasteiger partial charge in [0.1, 0.15) is 11.4 Å². The summed E-state index contributed by atoms with van der Waals surface area (Å²) < 4.78 is 7.06. The zero-order valence-electron chi connectivity index (χ0n) is 15.4. The van der Waals surface area contributed by atoms with E-state index >= 15 is 0 Å². The Balaban J connectivity index is 1.72. The standard InChI is InChI=1S/C22H19N3O2S/c1-27-19-11-9-18(10-12-19)24(15-20-8-5-13-28-20)22(26)21-14-23-16-25(21)17-6-3-2-4-7-17/h2-14,16H,15H2,1H3. The average molecular weight is 389 g/mol. The largest absolute Gasteiger partial charge is 0.497 e. The van der Waals surface area contributed by atoms with Gasteiger partial charge in [-0.05, 0) is 47.8 Å². The lowest BCUT2D eigenvalue weighted by atomic mass is 10.2. The number of nitrogens with zero attached hydrogens (tertiary/aromatic N) is 3. The molecule has 0 radical (unpaired) electrons. The van der Waals surface area contributed by atoms with E-state index in [1.165, 1.54) is 0 Å². The molecule has 0 saturated heterocycles. The summed E-state index contributed by atoms with van der Waals surface area (Å²) in [5.74, 6) is 0.640. The molecule has 28 heavy (non-hydrogen) atoms. The van der Waals surface area contributed by atoms with E-state index < -0.39 is 0 Å². The minimum Gasteiger partial charge on any atom is -0.497 e. The first-order chi connectivity index (χ1) is 13.8. The molecule has 2 aromatic carbocycles. The Morgan fingerprint density at radius 1 is 1.07 bits per heavy atom. The molecule has 6 heteroatoms. The molecule has 0 bridgehead atoms. The van der Waals surface area contributed by atoms with Crippen LogP contribution in [0, 0.1) is 0 Å². The number of benzene rings is 2. The number of rotatable bonds is 6. The molecule has 2 aromatic heterocycles. The van der Waals surface area contributed by atoms with Crippen molar-refractivity contribution >= 4 is 22.9 Å². The second kappa shape index (κ2) is 8.10. The molecule has 0 fully saturated rings. The van der Waals surface area contributed by atoms with Gasteiger partial charge >= 0.3 is 0 Å². The molecule has 0 spiro atoms. The second-order valence-corrected chi connectivity index (χ2v) is 7.19. The van der Waals surface area contributed by atoms with Crippen LogP contribution < -0.4 is 9.64 Å². The molecule has 0 atom stereocenters. The number of hydrogen-bond acceptors (Lipinski definition) is 4. The molecule has 0 aliphatic rings. The van der Waals surface area contributed by atoms with Crippen molar-refractivity contribution in [1.29, 1.82) is 0 Å². The number of aromatic nitrogens is 2. The first-order valence-electron chi connectivity index (χ1n) is 8.82. The van der Waals surface area contributed by atoms with Crippen molar-refractivity contribution in [2.24, 2.45) is 0 Å². The summed E-state index contributed by atoms with van der Waals surface area (Å²) in [6.45, 7) is 0.489. The number of imidazole rings is 1. The molecule has 0 unspecified atom stereocenters. The Morgan fingerprint density at radius 3 is 2.54 bits per heavy atom. The summed E-state index contributed by atoms with van der Waals surface area (Å²) in [5, 5.41) is 2.01. The molecule has 0 aliphatic carbocycles. The molecule has 5 nitrogen and oxygen atoms in total. The number of amides is 1. The molecule has 1 amide bonds. The van der Waals surface area contributed by atoms with Crippen LogP contribution >= 0.6 is 11.3 Å². The summed E-state index contributed by atoms with van der Waals surface area (Å²) in [4.78, 5) is 20.6. The summed E-state index contributed by atoms with van der Waals surface area (Å²) in [7, 11) is 1.63. The van der Waals surface area contributed by atoms with Gasteiger partial charge in [-0.3, -0.25) is 9.36 Å². The van der Waals surface area contributed by atoms with E-state index in [0.717, 1.165) is 22.0 Å². The number of thiophene rings is 1. The Labute approximate surface area is 167 Å². The minimum absolute atomic E-state index is 0.111. The zero-order chi connectivity index (χ0) is 19.3. The van der Waals surface area contributed by atoms with Crippen LogP contribution in [0.4, 0.5) is 5.69 Å². The van der Waals surface area contributed by atoms with Gasteiger partial charge < -0.3 is 9.64 Å². The summed E-state index contributed by atoms with van der Waals surface area (Å²) in [6.07, 6.45) is 3.28. The lowest BCUT2D eigenvalue weighted by molar-refractivity contribution is 0.0979. The van der Waals surface area contributed by atoms with E-state index in [2.05, 4.69) is 4.98 Å². The van der Waals surface area contributed by atoms with Crippen molar-refractivity contribution in [3.05, 3.63) is 95.2 Å². The number of ether oxygens (including phenoxy) is 1. The van der Waals surface area contributed by atoms with E-state index in [-0.39, 0.29) is 5.91 Å². The van der Waals surface area contributed by atoms with Crippen LogP contribution in [0.2, 0.25) is 0 Å². The van der Waals surface area contributed by atoms with Gasteiger partial charge in [0.2, 0.25) is 0 Å². The highest BCUT2D eigenvalue weighted by molar-refractivity contribution is 7.09. The van der Waals surface area contributed by atoms with Crippen molar-refractivity contribution in [3.8, 4) is 11.4 Å². The fourth-order valence-corrected chi connectivity index (χ4v) is 3.68. The molecule has 0 saturated carbocycles. The maximum Gasteiger partial charge on any atom is 0.277 e. The lowest BCUT2D eigenvalue weighted by Crippen LogP contribution is -2.31. The van der Waals surface area contributed by atoms with Gasteiger partial charge in [0.15, 0.2) is 0 Å². The highest BCUT2D eigenvalue weighted by Gasteiger charge is 2.22.